The van der Waals surface area contributed by atoms with Crippen molar-refractivity contribution in [2.24, 2.45) is 5.92 Å². The Morgan fingerprint density at radius 3 is 2.59 bits per heavy atom. The lowest BCUT2D eigenvalue weighted by Gasteiger charge is -2.53. The molecule has 0 aliphatic carbocycles. The number of hydrogen-bond acceptors (Lipinski definition) is 9. The highest BCUT2D eigenvalue weighted by molar-refractivity contribution is 7.99. The van der Waals surface area contributed by atoms with Crippen molar-refractivity contribution in [3.63, 3.8) is 0 Å². The Labute approximate surface area is 135 Å². The number of piperidine rings is 3. The van der Waals surface area contributed by atoms with Crippen LogP contribution in [0.4, 0.5) is 0 Å². The van der Waals surface area contributed by atoms with Crippen LogP contribution in [0.3, 0.4) is 0 Å². The van der Waals surface area contributed by atoms with Crippen molar-refractivity contribution in [3.8, 4) is 0 Å². The van der Waals surface area contributed by atoms with Crippen molar-refractivity contribution in [3.05, 3.63) is 5.69 Å². The number of nitrogens with zero attached hydrogens (tertiary/aromatic N) is 3. The van der Waals surface area contributed by atoms with Crippen LogP contribution >= 0.6 is 23.5 Å². The molecule has 1 aromatic heterocycles. The van der Waals surface area contributed by atoms with Crippen LogP contribution < -0.4 is 0 Å². The number of hydrogen-bond donors (Lipinski definition) is 0. The van der Waals surface area contributed by atoms with E-state index in [1.807, 2.05) is 4.90 Å². The van der Waals surface area contributed by atoms with Gasteiger partial charge in [0.15, 0.2) is 0 Å². The van der Waals surface area contributed by atoms with E-state index in [-0.39, 0.29) is 11.8 Å². The molecule has 5 rings (SSSR count). The largest absolute Gasteiger partial charge is 0.421 e. The van der Waals surface area contributed by atoms with E-state index in [9.17, 15) is 9.59 Å². The number of rotatable bonds is 3. The SMILES string of the molecule is CCSc1nsnc1C1C2CCN(CC2)C12OC(=O)C(=O)O2. The number of carbonyl (C=O) groups excluding carboxylic acids is 2. The molecule has 4 saturated heterocycles. The molecule has 0 aromatic carbocycles. The Balaban J connectivity index is 1.79. The lowest BCUT2D eigenvalue weighted by molar-refractivity contribution is -0.300. The fraction of sp³-hybridized carbons (Fsp3) is 0.692. The maximum absolute atomic E-state index is 11.7. The van der Waals surface area contributed by atoms with Crippen LogP contribution in [0.2, 0.25) is 0 Å². The molecule has 5 heterocycles. The molecule has 118 valence electrons. The second-order valence-corrected chi connectivity index (χ2v) is 7.38. The summed E-state index contributed by atoms with van der Waals surface area (Å²) < 4.78 is 19.7. The summed E-state index contributed by atoms with van der Waals surface area (Å²) in [5.74, 6) is -2.22. The van der Waals surface area contributed by atoms with Crippen LogP contribution in [0.1, 0.15) is 31.4 Å². The minimum Gasteiger partial charge on any atom is -0.399 e. The molecule has 22 heavy (non-hydrogen) atoms. The lowest BCUT2D eigenvalue weighted by atomic mass is 9.74. The molecule has 4 aliphatic rings. The van der Waals surface area contributed by atoms with Crippen LogP contribution in [-0.2, 0) is 19.1 Å². The molecule has 1 unspecified atom stereocenters. The van der Waals surface area contributed by atoms with Crippen molar-refractivity contribution in [2.75, 3.05) is 18.8 Å². The highest BCUT2D eigenvalue weighted by atomic mass is 32.2. The molecule has 4 fully saturated rings. The fourth-order valence-electron chi connectivity index (χ4n) is 3.68. The predicted molar refractivity (Wildman–Crippen MR) is 78.3 cm³/mol. The van der Waals surface area contributed by atoms with Crippen LogP contribution in [0, 0.1) is 5.92 Å². The normalized spacial score (nSPS) is 32.3. The Morgan fingerprint density at radius 1 is 1.27 bits per heavy atom. The van der Waals surface area contributed by atoms with Gasteiger partial charge in [0.05, 0.1) is 11.7 Å². The van der Waals surface area contributed by atoms with Gasteiger partial charge in [-0.25, -0.2) is 14.5 Å². The van der Waals surface area contributed by atoms with Gasteiger partial charge < -0.3 is 9.47 Å². The average Bonchev–Trinajstić information content (AvgIpc) is 3.07. The summed E-state index contributed by atoms with van der Waals surface area (Å²) in [4.78, 5) is 25.3. The van der Waals surface area contributed by atoms with Crippen LogP contribution in [-0.4, -0.2) is 50.3 Å². The third-order valence-corrected chi connectivity index (χ3v) is 6.07. The zero-order chi connectivity index (χ0) is 15.3. The van der Waals surface area contributed by atoms with E-state index in [0.717, 1.165) is 54.1 Å². The highest BCUT2D eigenvalue weighted by Crippen LogP contribution is 2.53. The van der Waals surface area contributed by atoms with E-state index < -0.39 is 17.8 Å². The molecular weight excluding hydrogens is 326 g/mol. The number of ether oxygens (including phenoxy) is 2. The van der Waals surface area contributed by atoms with Crippen LogP contribution in [0.25, 0.3) is 0 Å². The first-order chi connectivity index (χ1) is 10.7. The van der Waals surface area contributed by atoms with Crippen molar-refractivity contribution < 1.29 is 19.1 Å². The third-order valence-electron chi connectivity index (χ3n) is 4.55. The number of aromatic nitrogens is 2. The van der Waals surface area contributed by atoms with E-state index >= 15 is 0 Å². The van der Waals surface area contributed by atoms with Crippen LogP contribution in [0.15, 0.2) is 5.03 Å². The van der Waals surface area contributed by atoms with Gasteiger partial charge in [0.1, 0.15) is 16.6 Å². The van der Waals surface area contributed by atoms with Gasteiger partial charge in [-0.15, -0.1) is 11.8 Å². The summed E-state index contributed by atoms with van der Waals surface area (Å²) in [7, 11) is 0. The Bertz CT molecular complexity index is 611. The number of thioether (sulfide) groups is 1. The van der Waals surface area contributed by atoms with Gasteiger partial charge in [-0.2, -0.15) is 8.75 Å². The van der Waals surface area contributed by atoms with Gasteiger partial charge in [0.2, 0.25) is 0 Å². The van der Waals surface area contributed by atoms with Crippen LogP contribution in [0.5, 0.6) is 0 Å². The third kappa shape index (κ3) is 1.92. The molecule has 4 aliphatic heterocycles. The maximum atomic E-state index is 11.7. The molecule has 0 N–H and O–H groups in total. The van der Waals surface area contributed by atoms with Crippen molar-refractivity contribution in [2.45, 2.75) is 36.6 Å². The maximum Gasteiger partial charge on any atom is 0.421 e. The van der Waals surface area contributed by atoms with Gasteiger partial charge in [-0.3, -0.25) is 0 Å². The highest BCUT2D eigenvalue weighted by Gasteiger charge is 2.65. The number of esters is 2. The monoisotopic (exact) mass is 341 g/mol. The summed E-state index contributed by atoms with van der Waals surface area (Å²) in [6, 6.07) is 0. The molecule has 0 amide bonds. The smallest absolute Gasteiger partial charge is 0.399 e. The Kier molecular flexibility index (Phi) is 3.39. The van der Waals surface area contributed by atoms with Gasteiger partial charge in [0, 0.05) is 13.1 Å². The standard InChI is InChI=1S/C13H15N3O4S2/c1-2-21-10-9(14-22-15-10)8-7-3-5-16(6-4-7)13(8)19-11(17)12(18)20-13/h7-8H,2-6H2,1H3. The van der Waals surface area contributed by atoms with Gasteiger partial charge in [0.25, 0.3) is 0 Å². The quantitative estimate of drug-likeness (QED) is 0.461. The van der Waals surface area contributed by atoms with Gasteiger partial charge in [-0.05, 0) is 24.5 Å². The first-order valence-corrected chi connectivity index (χ1v) is 9.04. The lowest BCUT2D eigenvalue weighted by Crippen LogP contribution is -2.64. The number of carbonyl (C=O) groups is 2. The Hall–Kier alpha value is -1.19. The van der Waals surface area contributed by atoms with E-state index in [4.69, 9.17) is 9.47 Å². The zero-order valence-corrected chi connectivity index (χ0v) is 13.6. The predicted octanol–water partition coefficient (Wildman–Crippen LogP) is 1.21. The zero-order valence-electron chi connectivity index (χ0n) is 12.0. The molecule has 0 radical (unpaired) electrons. The molecule has 0 saturated carbocycles. The minimum absolute atomic E-state index is 0.252. The molecule has 1 atom stereocenters. The van der Waals surface area contributed by atoms with E-state index in [1.165, 1.54) is 0 Å². The first kappa shape index (κ1) is 14.4. The summed E-state index contributed by atoms with van der Waals surface area (Å²) in [5, 5.41) is 0.852. The molecule has 1 spiro atoms. The van der Waals surface area contributed by atoms with E-state index in [1.54, 1.807) is 11.8 Å². The molecular formula is C13H15N3O4S2. The summed E-state index contributed by atoms with van der Waals surface area (Å²) in [5.41, 5.74) is 0.800. The summed E-state index contributed by atoms with van der Waals surface area (Å²) >= 11 is 2.76. The first-order valence-electron chi connectivity index (χ1n) is 7.32. The molecule has 9 heteroatoms. The Morgan fingerprint density at radius 2 is 1.95 bits per heavy atom. The van der Waals surface area contributed by atoms with Crippen molar-refractivity contribution >= 4 is 35.4 Å². The van der Waals surface area contributed by atoms with E-state index in [2.05, 4.69) is 15.7 Å². The topological polar surface area (TPSA) is 81.6 Å². The van der Waals surface area contributed by atoms with Gasteiger partial charge >= 0.3 is 17.8 Å². The van der Waals surface area contributed by atoms with Crippen molar-refractivity contribution in [1.82, 2.24) is 13.6 Å². The second kappa shape index (κ2) is 5.17. The molecule has 1 aromatic rings. The van der Waals surface area contributed by atoms with Crippen molar-refractivity contribution in [1.29, 1.82) is 0 Å². The van der Waals surface area contributed by atoms with E-state index in [0.29, 0.717) is 0 Å². The average molecular weight is 341 g/mol. The second-order valence-electron chi connectivity index (χ2n) is 5.60. The molecule has 7 nitrogen and oxygen atoms in total. The fourth-order valence-corrected chi connectivity index (χ4v) is 5.13. The number of fused-ring (bicyclic) bond motifs is 2. The van der Waals surface area contributed by atoms with Gasteiger partial charge in [-0.1, -0.05) is 6.92 Å². The summed E-state index contributed by atoms with van der Waals surface area (Å²) in [6.45, 7) is 3.57. The molecule has 2 bridgehead atoms. The summed E-state index contributed by atoms with van der Waals surface area (Å²) in [6.07, 6.45) is 1.96. The minimum atomic E-state index is -1.31.